The van der Waals surface area contributed by atoms with E-state index < -0.39 is 0 Å². The third kappa shape index (κ3) is 2.44. The smallest absolute Gasteiger partial charge is 0.257 e. The summed E-state index contributed by atoms with van der Waals surface area (Å²) in [5.74, 6) is 0.0154. The summed E-state index contributed by atoms with van der Waals surface area (Å²) >= 11 is 1.56. The second-order valence-electron chi connectivity index (χ2n) is 3.70. The number of nitrogens with one attached hydrogen (secondary N) is 2. The van der Waals surface area contributed by atoms with E-state index in [1.54, 1.807) is 17.5 Å². The van der Waals surface area contributed by atoms with Gasteiger partial charge in [0.1, 0.15) is 16.4 Å². The molecule has 7 heteroatoms. The van der Waals surface area contributed by atoms with Crippen molar-refractivity contribution in [2.24, 2.45) is 0 Å². The molecule has 1 unspecified atom stereocenters. The monoisotopic (exact) mass is 251 g/mol. The lowest BCUT2D eigenvalue weighted by Gasteiger charge is -2.10. The number of aromatic nitrogens is 3. The SMILES string of the molecule is Cc1cnc(C(C)NC(=O)c2cn[nH]c2N)s1. The number of nitrogens with two attached hydrogens (primary N) is 1. The van der Waals surface area contributed by atoms with Crippen molar-refractivity contribution in [2.75, 3.05) is 5.73 Å². The van der Waals surface area contributed by atoms with Crippen LogP contribution in [0.2, 0.25) is 0 Å². The Kier molecular flexibility index (Phi) is 3.10. The summed E-state index contributed by atoms with van der Waals surface area (Å²) in [6.07, 6.45) is 3.19. The van der Waals surface area contributed by atoms with E-state index in [1.807, 2.05) is 13.8 Å². The zero-order valence-corrected chi connectivity index (χ0v) is 10.3. The summed E-state index contributed by atoms with van der Waals surface area (Å²) in [7, 11) is 0. The van der Waals surface area contributed by atoms with Crippen LogP contribution in [0, 0.1) is 6.92 Å². The van der Waals surface area contributed by atoms with Crippen molar-refractivity contribution in [1.29, 1.82) is 0 Å². The molecule has 0 aromatic carbocycles. The third-order valence-electron chi connectivity index (χ3n) is 2.27. The third-order valence-corrected chi connectivity index (χ3v) is 3.37. The first-order chi connectivity index (χ1) is 8.08. The Labute approximate surface area is 102 Å². The summed E-state index contributed by atoms with van der Waals surface area (Å²) in [6, 6.07) is -0.143. The molecule has 0 aliphatic heterocycles. The molecule has 2 aromatic heterocycles. The quantitative estimate of drug-likeness (QED) is 0.764. The molecule has 6 nitrogen and oxygen atoms in total. The Balaban J connectivity index is 2.07. The van der Waals surface area contributed by atoms with Gasteiger partial charge >= 0.3 is 0 Å². The lowest BCUT2D eigenvalue weighted by Crippen LogP contribution is -2.26. The first kappa shape index (κ1) is 11.6. The Morgan fingerprint density at radius 3 is 2.88 bits per heavy atom. The molecule has 0 aliphatic rings. The minimum atomic E-state index is -0.253. The average Bonchev–Trinajstić information content (AvgIpc) is 2.86. The van der Waals surface area contributed by atoms with Crippen LogP contribution in [0.4, 0.5) is 5.82 Å². The minimum Gasteiger partial charge on any atom is -0.383 e. The molecular weight excluding hydrogens is 238 g/mol. The molecule has 1 amide bonds. The fourth-order valence-electron chi connectivity index (χ4n) is 1.39. The van der Waals surface area contributed by atoms with Crippen LogP contribution in [-0.2, 0) is 0 Å². The average molecular weight is 251 g/mol. The van der Waals surface area contributed by atoms with Crippen LogP contribution in [0.1, 0.15) is 33.2 Å². The topological polar surface area (TPSA) is 96.7 Å². The minimum absolute atomic E-state index is 0.143. The molecule has 0 aliphatic carbocycles. The van der Waals surface area contributed by atoms with Gasteiger partial charge in [-0.25, -0.2) is 4.98 Å². The molecule has 0 fully saturated rings. The number of nitrogens with zero attached hydrogens (tertiary/aromatic N) is 2. The number of H-pyrrole nitrogens is 1. The molecule has 2 aromatic rings. The summed E-state index contributed by atoms with van der Waals surface area (Å²) in [5.41, 5.74) is 5.92. The van der Waals surface area contributed by atoms with Gasteiger partial charge in [0.2, 0.25) is 0 Å². The highest BCUT2D eigenvalue weighted by Crippen LogP contribution is 2.19. The zero-order chi connectivity index (χ0) is 12.4. The van der Waals surface area contributed by atoms with Crippen molar-refractivity contribution in [3.8, 4) is 0 Å². The van der Waals surface area contributed by atoms with Gasteiger partial charge in [-0.3, -0.25) is 9.89 Å². The fourth-order valence-corrected chi connectivity index (χ4v) is 2.16. The van der Waals surface area contributed by atoms with E-state index in [4.69, 9.17) is 5.73 Å². The Morgan fingerprint density at radius 1 is 1.59 bits per heavy atom. The van der Waals surface area contributed by atoms with Crippen molar-refractivity contribution in [3.63, 3.8) is 0 Å². The number of hydrogen-bond acceptors (Lipinski definition) is 5. The van der Waals surface area contributed by atoms with Crippen molar-refractivity contribution >= 4 is 23.1 Å². The highest BCUT2D eigenvalue weighted by molar-refractivity contribution is 7.11. The number of hydrogen-bond donors (Lipinski definition) is 3. The van der Waals surface area contributed by atoms with Crippen LogP contribution in [-0.4, -0.2) is 21.1 Å². The van der Waals surface area contributed by atoms with E-state index in [-0.39, 0.29) is 17.8 Å². The second kappa shape index (κ2) is 4.54. The lowest BCUT2D eigenvalue weighted by atomic mass is 10.2. The molecule has 0 saturated carbocycles. The van der Waals surface area contributed by atoms with E-state index in [0.29, 0.717) is 5.56 Å². The number of aromatic amines is 1. The number of carbonyl (C=O) groups is 1. The van der Waals surface area contributed by atoms with Crippen LogP contribution in [0.15, 0.2) is 12.4 Å². The van der Waals surface area contributed by atoms with E-state index >= 15 is 0 Å². The molecule has 17 heavy (non-hydrogen) atoms. The maximum Gasteiger partial charge on any atom is 0.257 e. The molecule has 0 spiro atoms. The molecule has 0 radical (unpaired) electrons. The Hall–Kier alpha value is -1.89. The summed E-state index contributed by atoms with van der Waals surface area (Å²) in [5, 5.41) is 9.92. The summed E-state index contributed by atoms with van der Waals surface area (Å²) in [4.78, 5) is 17.2. The number of nitrogen functional groups attached to an aromatic ring is 1. The van der Waals surface area contributed by atoms with Crippen LogP contribution >= 0.6 is 11.3 Å². The molecule has 1 atom stereocenters. The van der Waals surface area contributed by atoms with Crippen molar-refractivity contribution in [2.45, 2.75) is 19.9 Å². The molecule has 4 N–H and O–H groups in total. The van der Waals surface area contributed by atoms with Gasteiger partial charge in [0.25, 0.3) is 5.91 Å². The van der Waals surface area contributed by atoms with Crippen LogP contribution in [0.3, 0.4) is 0 Å². The molecule has 0 saturated heterocycles. The highest BCUT2D eigenvalue weighted by Gasteiger charge is 2.16. The standard InChI is InChI=1S/C10H13N5OS/c1-5-3-12-10(17-5)6(2)14-9(16)7-4-13-15-8(7)11/h3-4,6H,1-2H3,(H,14,16)(H3,11,13,15). The van der Waals surface area contributed by atoms with E-state index in [0.717, 1.165) is 9.88 Å². The van der Waals surface area contributed by atoms with Crippen molar-refractivity contribution in [3.05, 3.63) is 27.8 Å². The van der Waals surface area contributed by atoms with Gasteiger partial charge in [0, 0.05) is 11.1 Å². The van der Waals surface area contributed by atoms with Gasteiger partial charge in [-0.1, -0.05) is 0 Å². The first-order valence-corrected chi connectivity index (χ1v) is 5.91. The fraction of sp³-hybridized carbons (Fsp3) is 0.300. The summed E-state index contributed by atoms with van der Waals surface area (Å²) in [6.45, 7) is 3.86. The summed E-state index contributed by atoms with van der Waals surface area (Å²) < 4.78 is 0. The number of rotatable bonds is 3. The molecule has 2 heterocycles. The van der Waals surface area contributed by atoms with Crippen molar-refractivity contribution < 1.29 is 4.79 Å². The van der Waals surface area contributed by atoms with Gasteiger partial charge in [0.05, 0.1) is 12.2 Å². The molecular formula is C10H13N5OS. The maximum atomic E-state index is 11.8. The van der Waals surface area contributed by atoms with Crippen LogP contribution in [0.5, 0.6) is 0 Å². The number of carbonyl (C=O) groups excluding carboxylic acids is 1. The Bertz CT molecular complexity index is 532. The first-order valence-electron chi connectivity index (χ1n) is 5.10. The van der Waals surface area contributed by atoms with Gasteiger partial charge in [-0.2, -0.15) is 5.10 Å². The number of aryl methyl sites for hydroxylation is 1. The van der Waals surface area contributed by atoms with E-state index in [9.17, 15) is 4.79 Å². The van der Waals surface area contributed by atoms with Crippen molar-refractivity contribution in [1.82, 2.24) is 20.5 Å². The Morgan fingerprint density at radius 2 is 2.35 bits per heavy atom. The highest BCUT2D eigenvalue weighted by atomic mass is 32.1. The normalized spacial score (nSPS) is 12.4. The molecule has 90 valence electrons. The van der Waals surface area contributed by atoms with Gasteiger partial charge in [0.15, 0.2) is 0 Å². The van der Waals surface area contributed by atoms with E-state index in [1.165, 1.54) is 6.20 Å². The number of amides is 1. The predicted octanol–water partition coefficient (Wildman–Crippen LogP) is 1.25. The predicted molar refractivity (Wildman–Crippen MR) is 65.7 cm³/mol. The second-order valence-corrected chi connectivity index (χ2v) is 4.97. The number of anilines is 1. The lowest BCUT2D eigenvalue weighted by molar-refractivity contribution is 0.0941. The molecule has 2 rings (SSSR count). The molecule has 0 bridgehead atoms. The maximum absolute atomic E-state index is 11.8. The van der Waals surface area contributed by atoms with Crippen LogP contribution < -0.4 is 11.1 Å². The zero-order valence-electron chi connectivity index (χ0n) is 9.52. The van der Waals surface area contributed by atoms with Crippen LogP contribution in [0.25, 0.3) is 0 Å². The van der Waals surface area contributed by atoms with Gasteiger partial charge < -0.3 is 11.1 Å². The van der Waals surface area contributed by atoms with Gasteiger partial charge in [-0.15, -0.1) is 11.3 Å². The number of thiazole rings is 1. The largest absolute Gasteiger partial charge is 0.383 e. The van der Waals surface area contributed by atoms with Gasteiger partial charge in [-0.05, 0) is 13.8 Å². The van der Waals surface area contributed by atoms with E-state index in [2.05, 4.69) is 20.5 Å².